The fourth-order valence-electron chi connectivity index (χ4n) is 2.46. The summed E-state index contributed by atoms with van der Waals surface area (Å²) in [5.74, 6) is 2.63. The normalized spacial score (nSPS) is 11.5. The molecule has 5 nitrogen and oxygen atoms in total. The van der Waals surface area contributed by atoms with Crippen LogP contribution in [0.1, 0.15) is 16.7 Å². The molecule has 2 aromatic rings. The van der Waals surface area contributed by atoms with E-state index in [1.807, 2.05) is 0 Å². The summed E-state index contributed by atoms with van der Waals surface area (Å²) >= 11 is 0. The van der Waals surface area contributed by atoms with Crippen LogP contribution in [-0.4, -0.2) is 32.0 Å². The van der Waals surface area contributed by atoms with Gasteiger partial charge in [0.15, 0.2) is 5.96 Å². The first-order chi connectivity index (χ1) is 13.8. The summed E-state index contributed by atoms with van der Waals surface area (Å²) in [7, 11) is 1.56. The monoisotopic (exact) mass is 402 g/mol. The van der Waals surface area contributed by atoms with Gasteiger partial charge in [0.05, 0.1) is 12.1 Å². The molecular formula is C21H21F3N4O. The van der Waals surface area contributed by atoms with Gasteiger partial charge in [-0.2, -0.15) is 13.2 Å². The Balaban J connectivity index is 1.76. The second-order valence-electron chi connectivity index (χ2n) is 6.07. The number of hydrogen-bond donors (Lipinski definition) is 3. The molecule has 0 aliphatic heterocycles. The smallest absolute Gasteiger partial charge is 0.356 e. The van der Waals surface area contributed by atoms with Crippen molar-refractivity contribution < 1.29 is 18.0 Å². The van der Waals surface area contributed by atoms with Gasteiger partial charge in [-0.05, 0) is 42.3 Å². The predicted molar refractivity (Wildman–Crippen MR) is 108 cm³/mol. The molecule has 3 N–H and O–H groups in total. The summed E-state index contributed by atoms with van der Waals surface area (Å²) in [6.45, 7) is 0.428. The Bertz CT molecular complexity index is 899. The quantitative estimate of drug-likeness (QED) is 0.395. The van der Waals surface area contributed by atoms with E-state index in [9.17, 15) is 18.0 Å². The fraction of sp³-hybridized carbons (Fsp3) is 0.238. The van der Waals surface area contributed by atoms with E-state index in [0.717, 1.165) is 17.7 Å². The summed E-state index contributed by atoms with van der Waals surface area (Å²) in [5, 5.41) is 8.61. The van der Waals surface area contributed by atoms with Crippen molar-refractivity contribution in [2.45, 2.75) is 12.6 Å². The molecule has 0 radical (unpaired) electrons. The van der Waals surface area contributed by atoms with Gasteiger partial charge in [0.25, 0.3) is 0 Å². The molecule has 2 rings (SSSR count). The van der Waals surface area contributed by atoms with Crippen molar-refractivity contribution in [2.75, 3.05) is 25.5 Å². The van der Waals surface area contributed by atoms with Gasteiger partial charge in [-0.15, -0.1) is 6.42 Å². The van der Waals surface area contributed by atoms with Crippen LogP contribution in [0.3, 0.4) is 0 Å². The Morgan fingerprint density at radius 2 is 1.86 bits per heavy atom. The number of carbonyl (C=O) groups is 1. The van der Waals surface area contributed by atoms with Crippen molar-refractivity contribution >= 4 is 17.6 Å². The topological polar surface area (TPSA) is 65.5 Å². The van der Waals surface area contributed by atoms with E-state index in [1.54, 1.807) is 31.3 Å². The van der Waals surface area contributed by atoms with Gasteiger partial charge >= 0.3 is 6.18 Å². The average Bonchev–Trinajstić information content (AvgIpc) is 2.70. The van der Waals surface area contributed by atoms with E-state index >= 15 is 0 Å². The lowest BCUT2D eigenvalue weighted by Gasteiger charge is -2.12. The molecule has 29 heavy (non-hydrogen) atoms. The van der Waals surface area contributed by atoms with Crippen LogP contribution in [0.15, 0.2) is 53.5 Å². The van der Waals surface area contributed by atoms with E-state index in [-0.39, 0.29) is 12.5 Å². The molecule has 152 valence electrons. The minimum absolute atomic E-state index is 0.0137. The van der Waals surface area contributed by atoms with Gasteiger partial charge in [0.2, 0.25) is 5.91 Å². The summed E-state index contributed by atoms with van der Waals surface area (Å²) in [5.41, 5.74) is 1.34. The zero-order chi connectivity index (χ0) is 21.3. The SMILES string of the molecule is C#Cc1cccc(NC(=O)CNC(=NC)NCCc2ccc(C(F)(F)F)cc2)c1. The molecule has 0 aliphatic rings. The molecule has 0 spiro atoms. The zero-order valence-corrected chi connectivity index (χ0v) is 15.8. The lowest BCUT2D eigenvalue weighted by atomic mass is 10.1. The largest absolute Gasteiger partial charge is 0.416 e. The Labute approximate surface area is 167 Å². The molecule has 1 amide bonds. The first-order valence-corrected chi connectivity index (χ1v) is 8.79. The van der Waals surface area contributed by atoms with Crippen LogP contribution in [0.4, 0.5) is 18.9 Å². The number of carbonyl (C=O) groups excluding carboxylic acids is 1. The Kier molecular flexibility index (Phi) is 7.66. The Morgan fingerprint density at radius 1 is 1.14 bits per heavy atom. The number of benzene rings is 2. The second kappa shape index (κ2) is 10.2. The molecule has 0 unspecified atom stereocenters. The van der Waals surface area contributed by atoms with Gasteiger partial charge in [-0.3, -0.25) is 9.79 Å². The Hall–Kier alpha value is -3.47. The van der Waals surface area contributed by atoms with Crippen molar-refractivity contribution in [2.24, 2.45) is 4.99 Å². The number of alkyl halides is 3. The second-order valence-corrected chi connectivity index (χ2v) is 6.07. The van der Waals surface area contributed by atoms with E-state index in [2.05, 4.69) is 26.9 Å². The van der Waals surface area contributed by atoms with Crippen LogP contribution in [0.5, 0.6) is 0 Å². The highest BCUT2D eigenvalue weighted by Gasteiger charge is 2.29. The predicted octanol–water partition coefficient (Wildman–Crippen LogP) is 3.03. The van der Waals surface area contributed by atoms with E-state index < -0.39 is 11.7 Å². The minimum atomic E-state index is -4.34. The summed E-state index contributed by atoms with van der Waals surface area (Å²) in [6.07, 6.45) is 1.49. The first-order valence-electron chi connectivity index (χ1n) is 8.79. The highest BCUT2D eigenvalue weighted by atomic mass is 19.4. The van der Waals surface area contributed by atoms with Gasteiger partial charge in [0.1, 0.15) is 0 Å². The van der Waals surface area contributed by atoms with Crippen molar-refractivity contribution in [3.8, 4) is 12.3 Å². The fourth-order valence-corrected chi connectivity index (χ4v) is 2.46. The van der Waals surface area contributed by atoms with Crippen molar-refractivity contribution in [3.63, 3.8) is 0 Å². The number of halogens is 3. The summed E-state index contributed by atoms with van der Waals surface area (Å²) in [4.78, 5) is 16.1. The maximum atomic E-state index is 12.6. The number of anilines is 1. The maximum absolute atomic E-state index is 12.6. The standard InChI is InChI=1S/C21H21F3N4O/c1-3-15-5-4-6-18(13-15)28-19(29)14-27-20(25-2)26-12-11-16-7-9-17(10-8-16)21(22,23)24/h1,4-10,13H,11-12,14H2,2H3,(H,28,29)(H2,25,26,27). The number of hydrogen-bond acceptors (Lipinski definition) is 2. The van der Waals surface area contributed by atoms with Crippen molar-refractivity contribution in [1.82, 2.24) is 10.6 Å². The molecule has 0 bridgehead atoms. The minimum Gasteiger partial charge on any atom is -0.356 e. The molecule has 0 atom stereocenters. The lowest BCUT2D eigenvalue weighted by molar-refractivity contribution is -0.137. The Morgan fingerprint density at radius 3 is 2.48 bits per heavy atom. The number of terminal acetylenes is 1. The highest BCUT2D eigenvalue weighted by molar-refractivity contribution is 5.95. The van der Waals surface area contributed by atoms with Gasteiger partial charge in [-0.1, -0.05) is 24.1 Å². The third kappa shape index (κ3) is 7.22. The van der Waals surface area contributed by atoms with E-state index in [1.165, 1.54) is 12.1 Å². The number of aliphatic imine (C=N–C) groups is 1. The third-order valence-electron chi connectivity index (χ3n) is 3.94. The van der Waals surface area contributed by atoms with Crippen LogP contribution in [0, 0.1) is 12.3 Å². The molecule has 0 saturated carbocycles. The zero-order valence-electron chi connectivity index (χ0n) is 15.8. The molecule has 8 heteroatoms. The van der Waals surface area contributed by atoms with E-state index in [0.29, 0.717) is 30.2 Å². The molecule has 2 aromatic carbocycles. The van der Waals surface area contributed by atoms with Crippen molar-refractivity contribution in [3.05, 3.63) is 65.2 Å². The van der Waals surface area contributed by atoms with Crippen LogP contribution in [0.2, 0.25) is 0 Å². The average molecular weight is 402 g/mol. The molecule has 0 aliphatic carbocycles. The first kappa shape index (κ1) is 21.8. The molecule has 0 heterocycles. The molecule has 0 aromatic heterocycles. The van der Waals surface area contributed by atoms with Crippen LogP contribution in [0.25, 0.3) is 0 Å². The number of nitrogens with zero attached hydrogens (tertiary/aromatic N) is 1. The summed E-state index contributed by atoms with van der Waals surface area (Å²) < 4.78 is 37.7. The molecular weight excluding hydrogens is 381 g/mol. The van der Waals surface area contributed by atoms with Crippen LogP contribution in [-0.2, 0) is 17.4 Å². The van der Waals surface area contributed by atoms with Crippen LogP contribution < -0.4 is 16.0 Å². The van der Waals surface area contributed by atoms with E-state index in [4.69, 9.17) is 6.42 Å². The molecule has 0 fully saturated rings. The van der Waals surface area contributed by atoms with Gasteiger partial charge < -0.3 is 16.0 Å². The van der Waals surface area contributed by atoms with Crippen LogP contribution >= 0.6 is 0 Å². The summed E-state index contributed by atoms with van der Waals surface area (Å²) in [6, 6.07) is 11.9. The lowest BCUT2D eigenvalue weighted by Crippen LogP contribution is -2.42. The third-order valence-corrected chi connectivity index (χ3v) is 3.94. The number of rotatable bonds is 6. The molecule has 0 saturated heterocycles. The highest BCUT2D eigenvalue weighted by Crippen LogP contribution is 2.29. The van der Waals surface area contributed by atoms with Gasteiger partial charge in [0, 0.05) is 24.8 Å². The van der Waals surface area contributed by atoms with Crippen molar-refractivity contribution in [1.29, 1.82) is 0 Å². The van der Waals surface area contributed by atoms with Gasteiger partial charge in [-0.25, -0.2) is 0 Å². The number of guanidine groups is 1. The maximum Gasteiger partial charge on any atom is 0.416 e. The number of amides is 1. The number of nitrogens with one attached hydrogen (secondary N) is 3.